The van der Waals surface area contributed by atoms with Crippen molar-refractivity contribution < 1.29 is 23.9 Å². The number of amides is 3. The average Bonchev–Trinajstić information content (AvgIpc) is 3.34. The van der Waals surface area contributed by atoms with Crippen LogP contribution < -0.4 is 16.0 Å². The van der Waals surface area contributed by atoms with Gasteiger partial charge in [-0.05, 0) is 33.4 Å². The van der Waals surface area contributed by atoms with Crippen molar-refractivity contribution >= 4 is 18.1 Å². The molecule has 0 aromatic heterocycles. The van der Waals surface area contributed by atoms with E-state index < -0.39 is 24.1 Å². The van der Waals surface area contributed by atoms with Gasteiger partial charge in [-0.25, -0.2) is 14.4 Å². The predicted octanol–water partition coefficient (Wildman–Crippen LogP) is 5.14. The molecule has 0 fully saturated rings. The molecule has 4 aromatic carbocycles. The van der Waals surface area contributed by atoms with Crippen molar-refractivity contribution in [3.8, 4) is 11.1 Å². The van der Waals surface area contributed by atoms with Gasteiger partial charge in [-0.3, -0.25) is 0 Å². The quantitative estimate of drug-likeness (QED) is 0.238. The number of fused-ring (bicyclic) bond motifs is 3. The fourth-order valence-corrected chi connectivity index (χ4v) is 4.84. The van der Waals surface area contributed by atoms with Gasteiger partial charge in [-0.2, -0.15) is 0 Å². The van der Waals surface area contributed by atoms with Gasteiger partial charge in [-0.15, -0.1) is 0 Å². The Kier molecular flexibility index (Phi) is 8.91. The van der Waals surface area contributed by atoms with Crippen LogP contribution in [0.3, 0.4) is 0 Å². The number of urea groups is 1. The van der Waals surface area contributed by atoms with Crippen LogP contribution in [0.5, 0.6) is 0 Å². The molecule has 208 valence electrons. The lowest BCUT2D eigenvalue weighted by atomic mass is 9.98. The Morgan fingerprint density at radius 3 is 1.85 bits per heavy atom. The topological polar surface area (TPSA) is 106 Å². The average molecular weight is 550 g/mol. The molecule has 0 saturated heterocycles. The zero-order valence-corrected chi connectivity index (χ0v) is 22.4. The van der Waals surface area contributed by atoms with Crippen molar-refractivity contribution in [1.29, 1.82) is 0 Å². The Morgan fingerprint density at radius 2 is 1.22 bits per heavy atom. The summed E-state index contributed by atoms with van der Waals surface area (Å²) in [5.41, 5.74) is 6.12. The van der Waals surface area contributed by atoms with Crippen LogP contribution in [0.4, 0.5) is 9.59 Å². The highest BCUT2D eigenvalue weighted by Gasteiger charge is 2.30. The first-order valence-electron chi connectivity index (χ1n) is 13.5. The van der Waals surface area contributed by atoms with Crippen molar-refractivity contribution in [2.75, 3.05) is 13.2 Å². The normalized spacial score (nSPS) is 12.4. The third kappa shape index (κ3) is 7.10. The van der Waals surface area contributed by atoms with E-state index in [0.717, 1.165) is 33.4 Å². The van der Waals surface area contributed by atoms with Gasteiger partial charge in [0.2, 0.25) is 0 Å². The van der Waals surface area contributed by atoms with E-state index in [4.69, 9.17) is 9.47 Å². The highest BCUT2D eigenvalue weighted by molar-refractivity contribution is 5.83. The summed E-state index contributed by atoms with van der Waals surface area (Å²) in [5, 5.41) is 7.95. The lowest BCUT2D eigenvalue weighted by molar-refractivity contribution is -0.147. The molecular weight excluding hydrogens is 518 g/mol. The molecule has 0 spiro atoms. The molecule has 0 heterocycles. The molecule has 8 nitrogen and oxygen atoms in total. The van der Waals surface area contributed by atoms with E-state index in [1.807, 2.05) is 97.1 Å². The van der Waals surface area contributed by atoms with Crippen LogP contribution in [0.15, 0.2) is 109 Å². The first-order chi connectivity index (χ1) is 20.1. The lowest BCUT2D eigenvalue weighted by Crippen LogP contribution is -2.51. The van der Waals surface area contributed by atoms with Crippen LogP contribution in [0.25, 0.3) is 11.1 Å². The largest absolute Gasteiger partial charge is 0.459 e. The van der Waals surface area contributed by atoms with Crippen LogP contribution >= 0.6 is 0 Å². The number of hydrogen-bond donors (Lipinski definition) is 3. The van der Waals surface area contributed by atoms with Gasteiger partial charge in [0.25, 0.3) is 0 Å². The molecule has 1 atom stereocenters. The molecule has 5 rings (SSSR count). The van der Waals surface area contributed by atoms with E-state index in [9.17, 15) is 14.4 Å². The minimum atomic E-state index is -1.16. The molecule has 41 heavy (non-hydrogen) atoms. The highest BCUT2D eigenvalue weighted by atomic mass is 16.6. The summed E-state index contributed by atoms with van der Waals surface area (Å²) in [4.78, 5) is 38.3. The van der Waals surface area contributed by atoms with Crippen molar-refractivity contribution in [3.05, 3.63) is 131 Å². The fourth-order valence-electron chi connectivity index (χ4n) is 4.84. The number of hydrogen-bond acceptors (Lipinski definition) is 5. The summed E-state index contributed by atoms with van der Waals surface area (Å²) >= 11 is 0. The van der Waals surface area contributed by atoms with Crippen LogP contribution in [-0.4, -0.2) is 37.3 Å². The third-order valence-electron chi connectivity index (χ3n) is 6.91. The number of alkyl carbamates (subject to hydrolysis) is 1. The molecular formula is C33H31N3O5. The Balaban J connectivity index is 1.20. The number of esters is 1. The van der Waals surface area contributed by atoms with Crippen molar-refractivity contribution in [2.45, 2.75) is 25.1 Å². The highest BCUT2D eigenvalue weighted by Crippen LogP contribution is 2.44. The third-order valence-corrected chi connectivity index (χ3v) is 6.91. The van der Waals surface area contributed by atoms with Gasteiger partial charge in [0.1, 0.15) is 19.3 Å². The van der Waals surface area contributed by atoms with Crippen LogP contribution in [0.2, 0.25) is 0 Å². The van der Waals surface area contributed by atoms with E-state index in [1.165, 1.54) is 0 Å². The van der Waals surface area contributed by atoms with Crippen molar-refractivity contribution in [1.82, 2.24) is 16.0 Å². The molecule has 0 aliphatic heterocycles. The molecule has 4 aromatic rings. The second-order valence-corrected chi connectivity index (χ2v) is 9.66. The van der Waals surface area contributed by atoms with E-state index in [2.05, 4.69) is 28.1 Å². The maximum atomic E-state index is 13.0. The number of carbonyl (C=O) groups excluding carboxylic acids is 3. The fraction of sp³-hybridized carbons (Fsp3) is 0.182. The first-order valence-corrected chi connectivity index (χ1v) is 13.5. The first kappa shape index (κ1) is 27.5. The molecule has 0 bridgehead atoms. The SMILES string of the molecule is O=C(NCc1ccccc1)NC[C@H](NC(=O)OCC1c2ccccc2-c2ccccc21)C(=O)OCc1ccccc1. The summed E-state index contributed by atoms with van der Waals surface area (Å²) < 4.78 is 11.1. The van der Waals surface area contributed by atoms with Crippen molar-refractivity contribution in [2.24, 2.45) is 0 Å². The Morgan fingerprint density at radius 1 is 0.659 bits per heavy atom. The maximum absolute atomic E-state index is 13.0. The molecule has 3 N–H and O–H groups in total. The standard InChI is InChI=1S/C33H31N3O5/c37-31(40-21-24-13-5-2-6-14-24)30(20-35-32(38)34-19-23-11-3-1-4-12-23)36-33(39)41-22-29-27-17-9-7-15-25(27)26-16-8-10-18-28(26)29/h1-18,29-30H,19-22H2,(H,36,39)(H2,34,35,38)/t30-/m0/s1. The number of benzene rings is 4. The van der Waals surface area contributed by atoms with Gasteiger partial charge in [0.05, 0.1) is 6.54 Å². The van der Waals surface area contributed by atoms with Crippen molar-refractivity contribution in [3.63, 3.8) is 0 Å². The van der Waals surface area contributed by atoms with Crippen LogP contribution in [-0.2, 0) is 27.4 Å². The summed E-state index contributed by atoms with van der Waals surface area (Å²) in [7, 11) is 0. The molecule has 0 radical (unpaired) electrons. The molecule has 3 amide bonds. The van der Waals surface area contributed by atoms with Gasteiger partial charge < -0.3 is 25.4 Å². The lowest BCUT2D eigenvalue weighted by Gasteiger charge is -2.20. The van der Waals surface area contributed by atoms with E-state index >= 15 is 0 Å². The van der Waals surface area contributed by atoms with Crippen LogP contribution in [0, 0.1) is 0 Å². The zero-order chi connectivity index (χ0) is 28.4. The molecule has 0 unspecified atom stereocenters. The van der Waals surface area contributed by atoms with Gasteiger partial charge >= 0.3 is 18.1 Å². The number of carbonyl (C=O) groups is 3. The smallest absolute Gasteiger partial charge is 0.407 e. The zero-order valence-electron chi connectivity index (χ0n) is 22.4. The predicted molar refractivity (Wildman–Crippen MR) is 155 cm³/mol. The van der Waals surface area contributed by atoms with Gasteiger partial charge in [0, 0.05) is 12.5 Å². The number of nitrogens with one attached hydrogen (secondary N) is 3. The molecule has 1 aliphatic carbocycles. The second-order valence-electron chi connectivity index (χ2n) is 9.66. The number of ether oxygens (including phenoxy) is 2. The van der Waals surface area contributed by atoms with Gasteiger partial charge in [-0.1, -0.05) is 109 Å². The van der Waals surface area contributed by atoms with E-state index in [-0.39, 0.29) is 25.7 Å². The Bertz CT molecular complexity index is 1450. The molecule has 0 saturated carbocycles. The Hall–Kier alpha value is -5.11. The molecule has 1 aliphatic rings. The summed E-state index contributed by atoms with van der Waals surface area (Å²) in [6, 6.07) is 33.1. The summed E-state index contributed by atoms with van der Waals surface area (Å²) in [6.07, 6.45) is -0.778. The second kappa shape index (κ2) is 13.3. The van der Waals surface area contributed by atoms with Gasteiger partial charge in [0.15, 0.2) is 0 Å². The summed E-state index contributed by atoms with van der Waals surface area (Å²) in [6.45, 7) is 0.257. The Labute approximate surface area is 238 Å². The minimum Gasteiger partial charge on any atom is -0.459 e. The van der Waals surface area contributed by atoms with E-state index in [1.54, 1.807) is 0 Å². The van der Waals surface area contributed by atoms with Crippen LogP contribution in [0.1, 0.15) is 28.2 Å². The summed E-state index contributed by atoms with van der Waals surface area (Å²) in [5.74, 6) is -0.816. The maximum Gasteiger partial charge on any atom is 0.407 e. The van der Waals surface area contributed by atoms with E-state index in [0.29, 0.717) is 6.54 Å². The molecule has 8 heteroatoms. The monoisotopic (exact) mass is 549 g/mol. The number of rotatable bonds is 10. The minimum absolute atomic E-state index is 0.0305.